The fourth-order valence-corrected chi connectivity index (χ4v) is 8.08. The summed E-state index contributed by atoms with van der Waals surface area (Å²) < 4.78 is 4.79. The molecule has 0 saturated heterocycles. The second-order valence-corrected chi connectivity index (χ2v) is 10.4. The highest BCUT2D eigenvalue weighted by Gasteiger charge is 2.62. The first-order valence-corrected chi connectivity index (χ1v) is 11.2. The lowest BCUT2D eigenvalue weighted by molar-refractivity contribution is -0.153. The van der Waals surface area contributed by atoms with Gasteiger partial charge in [-0.3, -0.25) is 14.4 Å². The summed E-state index contributed by atoms with van der Waals surface area (Å²) in [5, 5.41) is 8.91. The second kappa shape index (κ2) is 7.33. The molecule has 7 atom stereocenters. The molecule has 0 spiro atoms. The van der Waals surface area contributed by atoms with Gasteiger partial charge in [0.25, 0.3) is 0 Å². The number of carbonyl (C=O) groups is 3. The molecular formula is C24H34O5. The van der Waals surface area contributed by atoms with Gasteiger partial charge < -0.3 is 9.84 Å². The molecule has 5 nitrogen and oxygen atoms in total. The summed E-state index contributed by atoms with van der Waals surface area (Å²) in [4.78, 5) is 36.8. The summed E-state index contributed by atoms with van der Waals surface area (Å²) in [6.45, 7) is 5.70. The molecule has 3 saturated carbocycles. The Balaban J connectivity index is 1.63. The average Bonchev–Trinajstić information content (AvgIpc) is 2.94. The zero-order valence-electron chi connectivity index (χ0n) is 17.9. The second-order valence-electron chi connectivity index (χ2n) is 10.4. The van der Waals surface area contributed by atoms with Gasteiger partial charge in [0.05, 0.1) is 0 Å². The predicted octanol–water partition coefficient (Wildman–Crippen LogP) is 3.83. The van der Waals surface area contributed by atoms with E-state index in [2.05, 4.69) is 13.8 Å². The predicted molar refractivity (Wildman–Crippen MR) is 108 cm³/mol. The van der Waals surface area contributed by atoms with E-state index in [1.165, 1.54) is 5.57 Å². The van der Waals surface area contributed by atoms with Crippen LogP contribution in [0.15, 0.2) is 11.6 Å². The van der Waals surface area contributed by atoms with Gasteiger partial charge >= 0.3 is 5.97 Å². The first-order valence-electron chi connectivity index (χ1n) is 11.2. The van der Waals surface area contributed by atoms with Crippen LogP contribution in [-0.2, 0) is 19.1 Å². The van der Waals surface area contributed by atoms with Gasteiger partial charge in [-0.1, -0.05) is 19.4 Å². The molecule has 0 aromatic carbocycles. The van der Waals surface area contributed by atoms with Crippen LogP contribution in [0.4, 0.5) is 0 Å². The number of allylic oxidation sites excluding steroid dienone is 1. The summed E-state index contributed by atoms with van der Waals surface area (Å²) in [7, 11) is 0. The summed E-state index contributed by atoms with van der Waals surface area (Å²) in [6.07, 6.45) is 8.79. The number of Topliss-reactive ketones (excluding diaryl/α,β-unsaturated/α-hetero) is 1. The molecule has 160 valence electrons. The van der Waals surface area contributed by atoms with E-state index >= 15 is 0 Å². The molecule has 4 rings (SSSR count). The summed E-state index contributed by atoms with van der Waals surface area (Å²) in [6, 6.07) is 0. The maximum absolute atomic E-state index is 12.7. The van der Waals surface area contributed by atoms with Crippen molar-refractivity contribution in [1.29, 1.82) is 0 Å². The van der Waals surface area contributed by atoms with E-state index in [0.717, 1.165) is 38.5 Å². The van der Waals surface area contributed by atoms with E-state index in [1.807, 2.05) is 6.08 Å². The lowest BCUT2D eigenvalue weighted by atomic mass is 9.46. The number of hydrogen-bond donors (Lipinski definition) is 1. The van der Waals surface area contributed by atoms with E-state index in [0.29, 0.717) is 24.2 Å². The number of esters is 1. The number of fused-ring (bicyclic) bond motifs is 5. The van der Waals surface area contributed by atoms with Gasteiger partial charge in [-0.2, -0.15) is 0 Å². The molecule has 0 aromatic rings. The molecule has 29 heavy (non-hydrogen) atoms. The molecule has 1 unspecified atom stereocenters. The summed E-state index contributed by atoms with van der Waals surface area (Å²) >= 11 is 0. The lowest BCUT2D eigenvalue weighted by Crippen LogP contribution is -2.51. The Kier molecular flexibility index (Phi) is 5.25. The summed E-state index contributed by atoms with van der Waals surface area (Å²) in [5.41, 5.74) is 1.39. The first-order chi connectivity index (χ1) is 13.7. The highest BCUT2D eigenvalue weighted by Crippen LogP contribution is 2.68. The monoisotopic (exact) mass is 402 g/mol. The molecule has 4 aliphatic carbocycles. The zero-order chi connectivity index (χ0) is 21.0. The molecule has 0 aliphatic heterocycles. The number of rotatable bonds is 4. The van der Waals surface area contributed by atoms with Crippen LogP contribution in [0.3, 0.4) is 0 Å². The number of ketones is 2. The fraction of sp³-hybridized carbons (Fsp3) is 0.792. The maximum atomic E-state index is 12.7. The van der Waals surface area contributed by atoms with Gasteiger partial charge in [0.1, 0.15) is 5.78 Å². The van der Waals surface area contributed by atoms with Crippen LogP contribution >= 0.6 is 0 Å². The minimum atomic E-state index is -0.603. The Bertz CT molecular complexity index is 754. The average molecular weight is 403 g/mol. The minimum Gasteiger partial charge on any atom is -0.439 e. The highest BCUT2D eigenvalue weighted by atomic mass is 16.6. The third kappa shape index (κ3) is 3.20. The van der Waals surface area contributed by atoms with Crippen molar-refractivity contribution in [3.05, 3.63) is 11.6 Å². The first kappa shape index (κ1) is 20.8. The van der Waals surface area contributed by atoms with Crippen molar-refractivity contribution >= 4 is 17.5 Å². The maximum Gasteiger partial charge on any atom is 0.308 e. The third-order valence-corrected chi connectivity index (χ3v) is 9.23. The number of hydrogen-bond acceptors (Lipinski definition) is 5. The van der Waals surface area contributed by atoms with Crippen molar-refractivity contribution < 1.29 is 24.2 Å². The van der Waals surface area contributed by atoms with Gasteiger partial charge in [0.2, 0.25) is 0 Å². The van der Waals surface area contributed by atoms with Gasteiger partial charge in [0.15, 0.2) is 12.6 Å². The van der Waals surface area contributed by atoms with Crippen LogP contribution in [0.5, 0.6) is 0 Å². The summed E-state index contributed by atoms with van der Waals surface area (Å²) in [5.74, 6) is 1.47. The van der Waals surface area contributed by atoms with Gasteiger partial charge in [0, 0.05) is 18.8 Å². The Morgan fingerprint density at radius 1 is 1.17 bits per heavy atom. The molecule has 0 bridgehead atoms. The highest BCUT2D eigenvalue weighted by molar-refractivity contribution is 5.91. The van der Waals surface area contributed by atoms with Crippen LogP contribution in [0.25, 0.3) is 0 Å². The van der Waals surface area contributed by atoms with Gasteiger partial charge in [-0.15, -0.1) is 0 Å². The third-order valence-electron chi connectivity index (χ3n) is 9.23. The molecule has 0 amide bonds. The molecular weight excluding hydrogens is 368 g/mol. The smallest absolute Gasteiger partial charge is 0.308 e. The van der Waals surface area contributed by atoms with E-state index in [1.54, 1.807) is 6.92 Å². The standard InChI is InChI=1S/C24H34O5/c1-14(26)22-15(11-21(28)29-13-25)10-20-18-5-4-16-12-17(27)6-8-23(16,2)19(18)7-9-24(20,22)3/h12,15,18-20,22,25H,4-11,13H2,1-3H3/t15?,18-,19+,20+,22+,23+,24+/m1/s1. The van der Waals surface area contributed by atoms with Gasteiger partial charge in [-0.05, 0) is 86.0 Å². The van der Waals surface area contributed by atoms with Crippen LogP contribution in [0.2, 0.25) is 0 Å². The molecule has 0 aromatic heterocycles. The number of aliphatic hydroxyl groups is 1. The Labute approximate surface area is 173 Å². The Hall–Kier alpha value is -1.49. The number of carbonyl (C=O) groups excluding carboxylic acids is 3. The van der Waals surface area contributed by atoms with Crippen molar-refractivity contribution in [2.45, 2.75) is 72.1 Å². The molecule has 0 heterocycles. The fourth-order valence-electron chi connectivity index (χ4n) is 8.08. The van der Waals surface area contributed by atoms with Crippen LogP contribution < -0.4 is 0 Å². The van der Waals surface area contributed by atoms with Crippen molar-refractivity contribution in [2.75, 3.05) is 6.79 Å². The number of aliphatic hydroxyl groups excluding tert-OH is 1. The molecule has 5 heteroatoms. The SMILES string of the molecule is CC(=O)[C@H]1C(CC(=O)OCO)C[C@H]2[C@@H]3CCC4=CC(=O)CC[C@]4(C)[C@H]3CC[C@]12C. The van der Waals surface area contributed by atoms with E-state index < -0.39 is 12.8 Å². The van der Waals surface area contributed by atoms with Crippen molar-refractivity contribution in [2.24, 2.45) is 40.4 Å². The molecule has 4 aliphatic rings. The Morgan fingerprint density at radius 2 is 1.93 bits per heavy atom. The van der Waals surface area contributed by atoms with E-state index in [9.17, 15) is 14.4 Å². The molecule has 3 fully saturated rings. The van der Waals surface area contributed by atoms with Crippen molar-refractivity contribution in [3.63, 3.8) is 0 Å². The lowest BCUT2D eigenvalue weighted by Gasteiger charge is -2.58. The van der Waals surface area contributed by atoms with Crippen molar-refractivity contribution in [1.82, 2.24) is 0 Å². The quantitative estimate of drug-likeness (QED) is 0.571. The molecule has 1 N–H and O–H groups in total. The van der Waals surface area contributed by atoms with Crippen LogP contribution in [-0.4, -0.2) is 29.4 Å². The van der Waals surface area contributed by atoms with Crippen LogP contribution in [0.1, 0.15) is 72.1 Å². The number of ether oxygens (including phenoxy) is 1. The van der Waals surface area contributed by atoms with E-state index in [-0.39, 0.29) is 40.7 Å². The zero-order valence-corrected chi connectivity index (χ0v) is 17.9. The largest absolute Gasteiger partial charge is 0.439 e. The molecule has 0 radical (unpaired) electrons. The minimum absolute atomic E-state index is 0.00187. The van der Waals surface area contributed by atoms with E-state index in [4.69, 9.17) is 9.84 Å². The normalized spacial score (nSPS) is 43.7. The topological polar surface area (TPSA) is 80.7 Å². The van der Waals surface area contributed by atoms with Crippen molar-refractivity contribution in [3.8, 4) is 0 Å². The Morgan fingerprint density at radius 3 is 2.62 bits per heavy atom. The van der Waals surface area contributed by atoms with Gasteiger partial charge in [-0.25, -0.2) is 0 Å². The van der Waals surface area contributed by atoms with Crippen LogP contribution in [0, 0.1) is 40.4 Å².